The van der Waals surface area contributed by atoms with Crippen molar-refractivity contribution < 1.29 is 14.3 Å². The lowest BCUT2D eigenvalue weighted by Gasteiger charge is -2.22. The number of methoxy groups -OCH3 is 1. The Balaban J connectivity index is 1.94. The number of para-hydroxylation sites is 1. The van der Waals surface area contributed by atoms with E-state index in [-0.39, 0.29) is 0 Å². The molecule has 3 aromatic rings. The maximum Gasteiger partial charge on any atom is 0.145 e. The van der Waals surface area contributed by atoms with Gasteiger partial charge in [-0.3, -0.25) is 0 Å². The minimum absolute atomic E-state index is 0.316. The second kappa shape index (κ2) is 5.93. The fraction of sp³-hybridized carbons (Fsp3) is 0.278. The van der Waals surface area contributed by atoms with Crippen LogP contribution in [0.2, 0.25) is 0 Å². The van der Waals surface area contributed by atoms with Crippen LogP contribution < -0.4 is 10.1 Å². The first kappa shape index (κ1) is 15.4. The molecular formula is C18H20N2O3. The third-order valence-electron chi connectivity index (χ3n) is 3.83. The van der Waals surface area contributed by atoms with Gasteiger partial charge in [0.15, 0.2) is 0 Å². The van der Waals surface area contributed by atoms with E-state index in [1.807, 2.05) is 31.2 Å². The van der Waals surface area contributed by atoms with Crippen LogP contribution in [0, 0.1) is 6.92 Å². The van der Waals surface area contributed by atoms with Crippen LogP contribution in [0.15, 0.2) is 47.1 Å². The highest BCUT2D eigenvalue weighted by atomic mass is 16.5. The summed E-state index contributed by atoms with van der Waals surface area (Å²) in [5.41, 5.74) is 1.47. The molecule has 0 saturated carbocycles. The number of fused-ring (bicyclic) bond motifs is 1. The summed E-state index contributed by atoms with van der Waals surface area (Å²) in [7, 11) is 1.63. The van der Waals surface area contributed by atoms with E-state index in [0.717, 1.165) is 28.0 Å². The van der Waals surface area contributed by atoms with Crippen LogP contribution in [0.4, 0.5) is 5.69 Å². The fourth-order valence-electron chi connectivity index (χ4n) is 2.60. The molecule has 0 saturated heterocycles. The molecule has 0 spiro atoms. The molecular weight excluding hydrogens is 292 g/mol. The fourth-order valence-corrected chi connectivity index (χ4v) is 2.60. The maximum atomic E-state index is 10.6. The summed E-state index contributed by atoms with van der Waals surface area (Å²) in [5.74, 6) is 1.25. The summed E-state index contributed by atoms with van der Waals surface area (Å²) in [6.45, 7) is 3.97. The molecule has 0 aliphatic carbocycles. The topological polar surface area (TPSA) is 67.5 Å². The Kier molecular flexibility index (Phi) is 3.96. The highest BCUT2D eigenvalue weighted by Gasteiger charge is 2.26. The largest absolute Gasteiger partial charge is 0.494 e. The molecule has 120 valence electrons. The molecule has 0 aliphatic heterocycles. The van der Waals surface area contributed by atoms with Gasteiger partial charge in [0, 0.05) is 16.8 Å². The molecule has 0 radical (unpaired) electrons. The van der Waals surface area contributed by atoms with Crippen molar-refractivity contribution in [3.05, 3.63) is 54.1 Å². The number of nitrogens with zero attached hydrogens (tertiary/aromatic N) is 1. The maximum absolute atomic E-state index is 10.6. The number of anilines is 1. The zero-order valence-corrected chi connectivity index (χ0v) is 13.5. The average molecular weight is 312 g/mol. The molecule has 0 aliphatic rings. The molecule has 5 heteroatoms. The summed E-state index contributed by atoms with van der Waals surface area (Å²) >= 11 is 0. The van der Waals surface area contributed by atoms with Crippen molar-refractivity contribution >= 4 is 16.6 Å². The van der Waals surface area contributed by atoms with Gasteiger partial charge in [-0.1, -0.05) is 12.1 Å². The van der Waals surface area contributed by atoms with Gasteiger partial charge in [-0.2, -0.15) is 0 Å². The van der Waals surface area contributed by atoms with E-state index in [4.69, 9.17) is 9.15 Å². The number of hydrogen-bond acceptors (Lipinski definition) is 5. The highest BCUT2D eigenvalue weighted by Crippen LogP contribution is 2.31. The quantitative estimate of drug-likeness (QED) is 0.755. The average Bonchev–Trinajstić information content (AvgIpc) is 3.07. The second-order valence-corrected chi connectivity index (χ2v) is 5.77. The number of nitrogens with one attached hydrogen (secondary N) is 1. The van der Waals surface area contributed by atoms with Crippen LogP contribution in [0.1, 0.15) is 18.4 Å². The first-order valence-electron chi connectivity index (χ1n) is 7.46. The number of aryl methyl sites for hydroxylation is 1. The molecule has 3 rings (SSSR count). The van der Waals surface area contributed by atoms with E-state index in [9.17, 15) is 5.11 Å². The molecule has 0 bridgehead atoms. The zero-order chi connectivity index (χ0) is 16.4. The number of furan rings is 1. The molecule has 2 N–H and O–H groups in total. The van der Waals surface area contributed by atoms with Crippen molar-refractivity contribution in [3.8, 4) is 5.75 Å². The van der Waals surface area contributed by atoms with Crippen molar-refractivity contribution in [2.24, 2.45) is 0 Å². The first-order chi connectivity index (χ1) is 11.0. The Morgan fingerprint density at radius 1 is 1.30 bits per heavy atom. The summed E-state index contributed by atoms with van der Waals surface area (Å²) in [4.78, 5) is 4.56. The van der Waals surface area contributed by atoms with Gasteiger partial charge in [-0.15, -0.1) is 0 Å². The monoisotopic (exact) mass is 312 g/mol. The number of ether oxygens (including phenoxy) is 1. The second-order valence-electron chi connectivity index (χ2n) is 5.77. The van der Waals surface area contributed by atoms with Crippen molar-refractivity contribution in [1.82, 2.24) is 4.98 Å². The molecule has 1 unspecified atom stereocenters. The molecule has 0 amide bonds. The summed E-state index contributed by atoms with van der Waals surface area (Å²) in [6.07, 6.45) is 1.56. The Bertz CT molecular complexity index is 810. The predicted octanol–water partition coefficient (Wildman–Crippen LogP) is 3.46. The SMILES string of the molecule is COc1cccc2c(NCC(C)(O)c3ccco3)cc(C)nc12. The van der Waals surface area contributed by atoms with Crippen molar-refractivity contribution in [1.29, 1.82) is 0 Å². The Hall–Kier alpha value is -2.53. The predicted molar refractivity (Wildman–Crippen MR) is 89.8 cm³/mol. The van der Waals surface area contributed by atoms with E-state index < -0.39 is 5.60 Å². The number of rotatable bonds is 5. The van der Waals surface area contributed by atoms with Crippen molar-refractivity contribution in [3.63, 3.8) is 0 Å². The molecule has 23 heavy (non-hydrogen) atoms. The van der Waals surface area contributed by atoms with Gasteiger partial charge in [-0.05, 0) is 38.1 Å². The van der Waals surface area contributed by atoms with Gasteiger partial charge in [-0.25, -0.2) is 4.98 Å². The van der Waals surface area contributed by atoms with Crippen LogP contribution in [0.5, 0.6) is 5.75 Å². The summed E-state index contributed by atoms with van der Waals surface area (Å²) in [6, 6.07) is 11.3. The molecule has 1 aromatic carbocycles. The normalized spacial score (nSPS) is 13.7. The van der Waals surface area contributed by atoms with Gasteiger partial charge in [0.05, 0.1) is 19.9 Å². The number of aromatic nitrogens is 1. The lowest BCUT2D eigenvalue weighted by atomic mass is 10.0. The number of aliphatic hydroxyl groups is 1. The molecule has 0 fully saturated rings. The van der Waals surface area contributed by atoms with Gasteiger partial charge in [0.1, 0.15) is 22.6 Å². The number of pyridine rings is 1. The van der Waals surface area contributed by atoms with Gasteiger partial charge >= 0.3 is 0 Å². The van der Waals surface area contributed by atoms with Gasteiger partial charge in [0.25, 0.3) is 0 Å². The van der Waals surface area contributed by atoms with Crippen LogP contribution in [-0.4, -0.2) is 23.7 Å². The minimum Gasteiger partial charge on any atom is -0.494 e. The summed E-state index contributed by atoms with van der Waals surface area (Å²) in [5, 5.41) is 14.8. The molecule has 1 atom stereocenters. The van der Waals surface area contributed by atoms with E-state index in [1.165, 1.54) is 0 Å². The Morgan fingerprint density at radius 3 is 2.83 bits per heavy atom. The van der Waals surface area contributed by atoms with E-state index in [1.54, 1.807) is 32.4 Å². The van der Waals surface area contributed by atoms with Gasteiger partial charge in [0.2, 0.25) is 0 Å². The zero-order valence-electron chi connectivity index (χ0n) is 13.5. The molecule has 5 nitrogen and oxygen atoms in total. The molecule has 2 aromatic heterocycles. The minimum atomic E-state index is -1.11. The number of benzene rings is 1. The van der Waals surface area contributed by atoms with Crippen molar-refractivity contribution in [2.75, 3.05) is 19.0 Å². The first-order valence-corrected chi connectivity index (χ1v) is 7.46. The Morgan fingerprint density at radius 2 is 2.13 bits per heavy atom. The van der Waals surface area contributed by atoms with E-state index in [2.05, 4.69) is 10.3 Å². The lowest BCUT2D eigenvalue weighted by Crippen LogP contribution is -2.30. The smallest absolute Gasteiger partial charge is 0.145 e. The third kappa shape index (κ3) is 3.00. The standard InChI is InChI=1S/C18H20N2O3/c1-12-10-14(13-6-4-7-15(22-3)17(13)20-12)19-11-18(2,21)16-8-5-9-23-16/h4-10,21H,11H2,1-3H3,(H,19,20). The van der Waals surface area contributed by atoms with E-state index in [0.29, 0.717) is 12.3 Å². The van der Waals surface area contributed by atoms with Crippen LogP contribution >= 0.6 is 0 Å². The molecule has 2 heterocycles. The summed E-state index contributed by atoms with van der Waals surface area (Å²) < 4.78 is 10.7. The number of hydrogen-bond donors (Lipinski definition) is 2. The van der Waals surface area contributed by atoms with E-state index >= 15 is 0 Å². The van der Waals surface area contributed by atoms with Crippen LogP contribution in [-0.2, 0) is 5.60 Å². The van der Waals surface area contributed by atoms with Crippen LogP contribution in [0.3, 0.4) is 0 Å². The van der Waals surface area contributed by atoms with Gasteiger partial charge < -0.3 is 19.6 Å². The third-order valence-corrected chi connectivity index (χ3v) is 3.83. The lowest BCUT2D eigenvalue weighted by molar-refractivity contribution is 0.0477. The Labute approximate surface area is 134 Å². The van der Waals surface area contributed by atoms with Crippen molar-refractivity contribution in [2.45, 2.75) is 19.4 Å². The van der Waals surface area contributed by atoms with Crippen LogP contribution in [0.25, 0.3) is 10.9 Å². The highest BCUT2D eigenvalue weighted by molar-refractivity contribution is 5.95.